The summed E-state index contributed by atoms with van der Waals surface area (Å²) in [5, 5.41) is 2.85. The van der Waals surface area contributed by atoms with Gasteiger partial charge in [0.2, 0.25) is 0 Å². The maximum absolute atomic E-state index is 13.1. The van der Waals surface area contributed by atoms with Gasteiger partial charge in [-0.05, 0) is 67.0 Å². The van der Waals surface area contributed by atoms with Crippen LogP contribution in [-0.2, 0) is 12.8 Å². The summed E-state index contributed by atoms with van der Waals surface area (Å²) in [6.07, 6.45) is 7.93. The zero-order chi connectivity index (χ0) is 18.4. The number of nitrogens with one attached hydrogen (secondary N) is 1. The van der Waals surface area contributed by atoms with Gasteiger partial charge >= 0.3 is 0 Å². The summed E-state index contributed by atoms with van der Waals surface area (Å²) in [5.74, 6) is 0.817. The number of rotatable bonds is 5. The number of aromatic nitrogens is 1. The van der Waals surface area contributed by atoms with Crippen molar-refractivity contribution in [3.05, 3.63) is 44.6 Å². The molecule has 0 unspecified atom stereocenters. The molecule has 1 N–H and O–H groups in total. The predicted octanol–water partition coefficient (Wildman–Crippen LogP) is 5.56. The number of hydrogen-bond donors (Lipinski definition) is 1. The first kappa shape index (κ1) is 19.6. The van der Waals surface area contributed by atoms with Crippen molar-refractivity contribution in [2.45, 2.75) is 53.4 Å². The van der Waals surface area contributed by atoms with E-state index in [2.05, 4.69) is 18.0 Å². The minimum absolute atomic E-state index is 0.127. The predicted molar refractivity (Wildman–Crippen MR) is 111 cm³/mol. The third kappa shape index (κ3) is 3.95. The van der Waals surface area contributed by atoms with Crippen LogP contribution in [-0.4, -0.2) is 17.8 Å². The highest BCUT2D eigenvalue weighted by atomic mass is 32.2. The smallest absolute Gasteiger partial charge is 0.197 e. The van der Waals surface area contributed by atoms with Crippen LogP contribution in [0.25, 0.3) is 16.5 Å². The maximum atomic E-state index is 13.1. The molecule has 2 aromatic rings. The molecule has 0 aliphatic heterocycles. The molecule has 0 spiro atoms. The van der Waals surface area contributed by atoms with E-state index in [1.165, 1.54) is 11.1 Å². The Bertz CT molecular complexity index is 821. The third-order valence-corrected chi connectivity index (χ3v) is 4.97. The van der Waals surface area contributed by atoms with Crippen molar-refractivity contribution in [2.24, 2.45) is 0 Å². The molecule has 0 saturated heterocycles. The molecule has 1 aromatic carbocycles. The number of thioether (sulfide) groups is 1. The fourth-order valence-electron chi connectivity index (χ4n) is 3.31. The molecule has 4 heteroatoms. The normalized spacial score (nSPS) is 13.4. The lowest BCUT2D eigenvalue weighted by atomic mass is 9.99. The van der Waals surface area contributed by atoms with Gasteiger partial charge in [0.05, 0.1) is 17.5 Å². The van der Waals surface area contributed by atoms with Crippen LogP contribution in [0.2, 0.25) is 0 Å². The van der Waals surface area contributed by atoms with Gasteiger partial charge in [0, 0.05) is 11.8 Å². The highest BCUT2D eigenvalue weighted by molar-refractivity contribution is 8.01. The lowest BCUT2D eigenvalue weighted by Gasteiger charge is -2.13. The molecule has 0 saturated carbocycles. The topological polar surface area (TPSA) is 42.1 Å². The van der Waals surface area contributed by atoms with Crippen molar-refractivity contribution in [1.82, 2.24) is 4.98 Å². The molecule has 3 rings (SSSR count). The van der Waals surface area contributed by atoms with Crippen molar-refractivity contribution in [1.29, 1.82) is 0 Å². The van der Waals surface area contributed by atoms with Crippen LogP contribution in [0.3, 0.4) is 0 Å². The molecule has 0 amide bonds. The number of allylic oxidation sites excluding steroid dienone is 1. The van der Waals surface area contributed by atoms with Gasteiger partial charge < -0.3 is 9.72 Å². The lowest BCUT2D eigenvalue weighted by molar-refractivity contribution is 0.320. The molecule has 0 radical (unpaired) electrons. The van der Waals surface area contributed by atoms with E-state index in [0.29, 0.717) is 6.61 Å². The van der Waals surface area contributed by atoms with Gasteiger partial charge in [-0.1, -0.05) is 20.8 Å². The Morgan fingerprint density at radius 2 is 2.12 bits per heavy atom. The second-order valence-corrected chi connectivity index (χ2v) is 6.74. The summed E-state index contributed by atoms with van der Waals surface area (Å²) in [6.45, 7) is 8.75. The second kappa shape index (κ2) is 9.14. The molecule has 0 bridgehead atoms. The summed E-state index contributed by atoms with van der Waals surface area (Å²) in [7, 11) is 0. The standard InChI is InChI=1S/C19H23NO2S.C2H6/c1-4-8-22-16-9-13-6-5-7-14(13)17-18(16)20-10-15(19(17)21)12(2)11-23-3;1-2/h9-11H,4-8H2,1-3H3,(H,20,21);1-2H3/b12-11+;. The van der Waals surface area contributed by atoms with Gasteiger partial charge in [0.1, 0.15) is 5.75 Å². The monoisotopic (exact) mass is 359 g/mol. The molecule has 136 valence electrons. The summed E-state index contributed by atoms with van der Waals surface area (Å²) >= 11 is 1.62. The van der Waals surface area contributed by atoms with Gasteiger partial charge in [-0.25, -0.2) is 0 Å². The van der Waals surface area contributed by atoms with Crippen molar-refractivity contribution >= 4 is 28.2 Å². The molecular formula is C21H29NO2S. The third-order valence-electron chi connectivity index (χ3n) is 4.38. The summed E-state index contributed by atoms with van der Waals surface area (Å²) < 4.78 is 5.91. The number of hydrogen-bond acceptors (Lipinski definition) is 3. The van der Waals surface area contributed by atoms with Crippen LogP contribution in [0.15, 0.2) is 22.5 Å². The molecule has 1 aliphatic carbocycles. The molecule has 1 aromatic heterocycles. The van der Waals surface area contributed by atoms with E-state index in [0.717, 1.165) is 53.5 Å². The minimum atomic E-state index is 0.127. The fourth-order valence-corrected chi connectivity index (χ4v) is 3.79. The Hall–Kier alpha value is -1.68. The highest BCUT2D eigenvalue weighted by Gasteiger charge is 2.21. The van der Waals surface area contributed by atoms with E-state index in [9.17, 15) is 4.79 Å². The number of ether oxygens (including phenoxy) is 1. The van der Waals surface area contributed by atoms with Crippen LogP contribution in [0.4, 0.5) is 0 Å². The quantitative estimate of drug-likeness (QED) is 0.760. The van der Waals surface area contributed by atoms with Crippen molar-refractivity contribution < 1.29 is 4.74 Å². The van der Waals surface area contributed by atoms with Crippen molar-refractivity contribution in [2.75, 3.05) is 12.9 Å². The zero-order valence-corrected chi connectivity index (χ0v) is 16.8. The van der Waals surface area contributed by atoms with E-state index >= 15 is 0 Å². The Morgan fingerprint density at radius 3 is 2.80 bits per heavy atom. The van der Waals surface area contributed by atoms with E-state index in [1.54, 1.807) is 11.8 Å². The average molecular weight is 360 g/mol. The summed E-state index contributed by atoms with van der Waals surface area (Å²) in [6, 6.07) is 2.13. The van der Waals surface area contributed by atoms with Crippen LogP contribution in [0.1, 0.15) is 57.2 Å². The zero-order valence-electron chi connectivity index (χ0n) is 16.0. The highest BCUT2D eigenvalue weighted by Crippen LogP contribution is 2.34. The number of benzene rings is 1. The first-order valence-corrected chi connectivity index (χ1v) is 10.5. The Labute approximate surface area is 154 Å². The van der Waals surface area contributed by atoms with Gasteiger partial charge in [0.15, 0.2) is 5.43 Å². The summed E-state index contributed by atoms with van der Waals surface area (Å²) in [4.78, 5) is 16.4. The average Bonchev–Trinajstić information content (AvgIpc) is 3.09. The van der Waals surface area contributed by atoms with Gasteiger partial charge in [-0.15, -0.1) is 11.8 Å². The number of aryl methyl sites for hydroxylation is 2. The fraction of sp³-hybridized carbons (Fsp3) is 0.476. The lowest BCUT2D eigenvalue weighted by Crippen LogP contribution is -2.12. The largest absolute Gasteiger partial charge is 0.491 e. The molecule has 3 nitrogen and oxygen atoms in total. The Kier molecular flexibility index (Phi) is 7.18. The van der Waals surface area contributed by atoms with Crippen molar-refractivity contribution in [3.8, 4) is 5.75 Å². The van der Waals surface area contributed by atoms with Crippen molar-refractivity contribution in [3.63, 3.8) is 0 Å². The Morgan fingerprint density at radius 1 is 1.36 bits per heavy atom. The van der Waals surface area contributed by atoms with Gasteiger partial charge in [-0.3, -0.25) is 4.79 Å². The molecule has 0 fully saturated rings. The number of aromatic amines is 1. The first-order valence-electron chi connectivity index (χ1n) is 9.20. The first-order chi connectivity index (χ1) is 12.2. The Balaban J connectivity index is 0.00000109. The van der Waals surface area contributed by atoms with E-state index in [1.807, 2.05) is 38.6 Å². The van der Waals surface area contributed by atoms with E-state index in [4.69, 9.17) is 4.74 Å². The van der Waals surface area contributed by atoms with Crippen LogP contribution in [0.5, 0.6) is 5.75 Å². The van der Waals surface area contributed by atoms with Crippen LogP contribution >= 0.6 is 11.8 Å². The SMILES string of the molecule is CC.CCCOc1cc2c(c3c(=O)c(/C(C)=C/SC)c[nH]c13)CCC2. The number of fused-ring (bicyclic) bond motifs is 3. The van der Waals surface area contributed by atoms with Gasteiger partial charge in [0.25, 0.3) is 0 Å². The number of H-pyrrole nitrogens is 1. The molecule has 1 aliphatic rings. The van der Waals surface area contributed by atoms with Crippen LogP contribution < -0.4 is 10.2 Å². The minimum Gasteiger partial charge on any atom is -0.491 e. The van der Waals surface area contributed by atoms with Gasteiger partial charge in [-0.2, -0.15) is 0 Å². The second-order valence-electron chi connectivity index (χ2n) is 6.03. The number of pyridine rings is 1. The molecule has 25 heavy (non-hydrogen) atoms. The molecule has 0 atom stereocenters. The van der Waals surface area contributed by atoms with Crippen LogP contribution in [0, 0.1) is 0 Å². The molecule has 1 heterocycles. The maximum Gasteiger partial charge on any atom is 0.197 e. The summed E-state index contributed by atoms with van der Waals surface area (Å²) in [5.41, 5.74) is 5.23. The van der Waals surface area contributed by atoms with E-state index < -0.39 is 0 Å². The van der Waals surface area contributed by atoms with E-state index in [-0.39, 0.29) is 5.43 Å². The molecular weight excluding hydrogens is 330 g/mol.